The molecule has 0 aromatic carbocycles. The van der Waals surface area contributed by atoms with Crippen molar-refractivity contribution in [3.05, 3.63) is 15.6 Å². The fourth-order valence-electron chi connectivity index (χ4n) is 10.3. The van der Waals surface area contributed by atoms with E-state index in [0.717, 1.165) is 60.7 Å². The molecule has 1 amide bonds. The molecule has 1 N–H and O–H groups in total. The fourth-order valence-corrected chi connectivity index (χ4v) is 11.3. The number of amides is 1. The Labute approximate surface area is 272 Å². The molecule has 1 aromatic rings. The second-order valence-corrected chi connectivity index (χ2v) is 17.5. The third-order valence-corrected chi connectivity index (χ3v) is 14.1. The van der Waals surface area contributed by atoms with Gasteiger partial charge in [-0.2, -0.15) is 0 Å². The highest BCUT2D eigenvalue weighted by Crippen LogP contribution is 2.67. The van der Waals surface area contributed by atoms with Crippen molar-refractivity contribution in [2.75, 3.05) is 5.32 Å². The number of nitrogens with zero attached hydrogens (tertiary/aromatic N) is 2. The lowest BCUT2D eigenvalue weighted by Crippen LogP contribution is -2.51. The lowest BCUT2D eigenvalue weighted by molar-refractivity contribution is -0.152. The molecular formula is C35H54BrN3O3S. The van der Waals surface area contributed by atoms with Gasteiger partial charge in [0, 0.05) is 12.8 Å². The molecule has 0 bridgehead atoms. The zero-order valence-electron chi connectivity index (χ0n) is 27.3. The fraction of sp³-hybridized carbons (Fsp3) is 0.829. The van der Waals surface area contributed by atoms with Crippen LogP contribution in [0.5, 0.6) is 0 Å². The van der Waals surface area contributed by atoms with Gasteiger partial charge in [-0.1, -0.05) is 77.4 Å². The van der Waals surface area contributed by atoms with Crippen LogP contribution in [0.4, 0.5) is 5.13 Å². The number of allylic oxidation sites excluding steroid dienone is 1. The molecule has 0 saturated heterocycles. The van der Waals surface area contributed by atoms with Gasteiger partial charge in [0.25, 0.3) is 0 Å². The molecule has 240 valence electrons. The highest BCUT2D eigenvalue weighted by Gasteiger charge is 2.59. The molecule has 0 radical (unpaired) electrons. The predicted octanol–water partition coefficient (Wildman–Crippen LogP) is 9.61. The van der Waals surface area contributed by atoms with Gasteiger partial charge in [-0.3, -0.25) is 9.59 Å². The van der Waals surface area contributed by atoms with Gasteiger partial charge in [0.15, 0.2) is 3.92 Å². The molecule has 4 aliphatic carbocycles. The van der Waals surface area contributed by atoms with Gasteiger partial charge in [-0.05, 0) is 120 Å². The smallest absolute Gasteiger partial charge is 0.306 e. The van der Waals surface area contributed by atoms with Crippen LogP contribution in [0.1, 0.15) is 125 Å². The number of anilines is 1. The molecule has 5 rings (SSSR count). The largest absolute Gasteiger partial charge is 0.462 e. The monoisotopic (exact) mass is 675 g/mol. The summed E-state index contributed by atoms with van der Waals surface area (Å²) in [6.07, 6.45) is 16.4. The summed E-state index contributed by atoms with van der Waals surface area (Å²) in [6.45, 7) is 15.0. The van der Waals surface area contributed by atoms with Gasteiger partial charge in [0.05, 0.1) is 6.42 Å². The first-order chi connectivity index (χ1) is 20.4. The van der Waals surface area contributed by atoms with Crippen LogP contribution in [0.2, 0.25) is 0 Å². The van der Waals surface area contributed by atoms with E-state index in [1.807, 2.05) is 0 Å². The SMILES string of the molecule is CC[C@H](CC[C@@H](C)[C@H]1CC[C@H]2[C@@H]3CC=C4C[C@@H](OC(=O)CCC(=O)Nc5nnc(Br)s5)CC[C@]4(C)[C@H]3CC[C@]12C)C(C)C. The van der Waals surface area contributed by atoms with E-state index in [-0.39, 0.29) is 36.2 Å². The number of aromatic nitrogens is 2. The first kappa shape index (κ1) is 33.1. The summed E-state index contributed by atoms with van der Waals surface area (Å²) in [5.74, 6) is 5.24. The van der Waals surface area contributed by atoms with Crippen molar-refractivity contribution < 1.29 is 14.3 Å². The molecule has 6 nitrogen and oxygen atoms in total. The van der Waals surface area contributed by atoms with E-state index in [4.69, 9.17) is 4.74 Å². The maximum absolute atomic E-state index is 12.7. The molecule has 4 aliphatic rings. The summed E-state index contributed by atoms with van der Waals surface area (Å²) in [5, 5.41) is 10.8. The first-order valence-electron chi connectivity index (χ1n) is 17.1. The minimum absolute atomic E-state index is 0.0751. The van der Waals surface area contributed by atoms with Crippen LogP contribution < -0.4 is 5.32 Å². The minimum atomic E-state index is -0.283. The van der Waals surface area contributed by atoms with E-state index in [0.29, 0.717) is 14.5 Å². The maximum Gasteiger partial charge on any atom is 0.306 e. The van der Waals surface area contributed by atoms with E-state index in [2.05, 4.69) is 79.1 Å². The van der Waals surface area contributed by atoms with Crippen LogP contribution in [0.25, 0.3) is 0 Å². The summed E-state index contributed by atoms with van der Waals surface area (Å²) in [4.78, 5) is 24.9. The number of esters is 1. The molecule has 1 aromatic heterocycles. The molecular weight excluding hydrogens is 622 g/mol. The van der Waals surface area contributed by atoms with Crippen LogP contribution in [-0.4, -0.2) is 28.2 Å². The highest BCUT2D eigenvalue weighted by atomic mass is 79.9. The maximum atomic E-state index is 12.7. The molecule has 1 heterocycles. The number of ether oxygens (including phenoxy) is 1. The average molecular weight is 677 g/mol. The van der Waals surface area contributed by atoms with Crippen molar-refractivity contribution in [1.82, 2.24) is 10.2 Å². The van der Waals surface area contributed by atoms with Gasteiger partial charge < -0.3 is 10.1 Å². The molecule has 0 aliphatic heterocycles. The summed E-state index contributed by atoms with van der Waals surface area (Å²) in [7, 11) is 0. The Morgan fingerprint density at radius 3 is 2.56 bits per heavy atom. The first-order valence-corrected chi connectivity index (χ1v) is 18.7. The Morgan fingerprint density at radius 2 is 1.86 bits per heavy atom. The number of carbonyl (C=O) groups is 2. The third kappa shape index (κ3) is 6.95. The van der Waals surface area contributed by atoms with Gasteiger partial charge in [0.1, 0.15) is 6.10 Å². The van der Waals surface area contributed by atoms with Gasteiger partial charge in [-0.15, -0.1) is 10.2 Å². The van der Waals surface area contributed by atoms with Crippen LogP contribution in [0, 0.1) is 52.3 Å². The van der Waals surface area contributed by atoms with Crippen molar-refractivity contribution >= 4 is 44.3 Å². The average Bonchev–Trinajstić information content (AvgIpc) is 3.54. The zero-order valence-corrected chi connectivity index (χ0v) is 29.7. The normalized spacial score (nSPS) is 34.9. The third-order valence-electron chi connectivity index (χ3n) is 12.8. The molecule has 9 atom stereocenters. The van der Waals surface area contributed by atoms with Crippen molar-refractivity contribution in [1.29, 1.82) is 0 Å². The van der Waals surface area contributed by atoms with Crippen molar-refractivity contribution in [3.8, 4) is 0 Å². The Kier molecular flexibility index (Phi) is 10.5. The number of hydrogen-bond acceptors (Lipinski definition) is 6. The van der Waals surface area contributed by atoms with Gasteiger partial charge in [0.2, 0.25) is 11.0 Å². The molecule has 3 saturated carbocycles. The van der Waals surface area contributed by atoms with E-state index in [1.54, 1.807) is 0 Å². The van der Waals surface area contributed by atoms with Crippen molar-refractivity contribution in [2.45, 2.75) is 131 Å². The van der Waals surface area contributed by atoms with Gasteiger partial charge >= 0.3 is 5.97 Å². The topological polar surface area (TPSA) is 81.2 Å². The number of carbonyl (C=O) groups excluding carboxylic acids is 2. The standard InChI is InChI=1S/C35H54BrN3O3S/c1-7-23(21(2)3)9-8-22(4)27-12-13-28-26-11-10-24-20-25(16-18-34(24,5)29(26)17-19-35(27,28)6)42-31(41)15-14-30(40)37-33-39-38-32(36)43-33/h10,21-23,25-29H,7-9,11-20H2,1-6H3,(H,37,39,40)/t22-,23-,25+,26+,27-,28+,29+,34+,35-/m1/s1. The summed E-state index contributed by atoms with van der Waals surface area (Å²) in [5.41, 5.74) is 2.26. The Bertz CT molecular complexity index is 1180. The number of rotatable bonds is 11. The highest BCUT2D eigenvalue weighted by molar-refractivity contribution is 9.11. The minimum Gasteiger partial charge on any atom is -0.462 e. The van der Waals surface area contributed by atoms with E-state index in [1.165, 1.54) is 68.3 Å². The van der Waals surface area contributed by atoms with Crippen LogP contribution in [0.15, 0.2) is 15.6 Å². The predicted molar refractivity (Wildman–Crippen MR) is 178 cm³/mol. The van der Waals surface area contributed by atoms with Crippen LogP contribution in [-0.2, 0) is 14.3 Å². The van der Waals surface area contributed by atoms with E-state index in [9.17, 15) is 9.59 Å². The van der Waals surface area contributed by atoms with Crippen LogP contribution >= 0.6 is 27.3 Å². The molecule has 0 unspecified atom stereocenters. The number of hydrogen-bond donors (Lipinski definition) is 1. The Balaban J connectivity index is 1.15. The molecule has 43 heavy (non-hydrogen) atoms. The van der Waals surface area contributed by atoms with Crippen molar-refractivity contribution in [3.63, 3.8) is 0 Å². The number of fused-ring (bicyclic) bond motifs is 5. The van der Waals surface area contributed by atoms with E-state index >= 15 is 0 Å². The molecule has 0 spiro atoms. The van der Waals surface area contributed by atoms with Crippen molar-refractivity contribution in [2.24, 2.45) is 52.3 Å². The summed E-state index contributed by atoms with van der Waals surface area (Å²) < 4.78 is 6.53. The second-order valence-electron chi connectivity index (χ2n) is 15.2. The lowest BCUT2D eigenvalue weighted by Gasteiger charge is -2.58. The van der Waals surface area contributed by atoms with E-state index < -0.39 is 0 Å². The number of halogens is 1. The number of nitrogens with one attached hydrogen (secondary N) is 1. The quantitative estimate of drug-likeness (QED) is 0.187. The molecule has 8 heteroatoms. The second kappa shape index (κ2) is 13.6. The van der Waals surface area contributed by atoms with Gasteiger partial charge in [-0.25, -0.2) is 0 Å². The van der Waals surface area contributed by atoms with Crippen LogP contribution in [0.3, 0.4) is 0 Å². The summed E-state index contributed by atoms with van der Waals surface area (Å²) in [6, 6.07) is 0. The zero-order chi connectivity index (χ0) is 30.9. The Morgan fingerprint density at radius 1 is 1.07 bits per heavy atom. The molecule has 3 fully saturated rings. The summed E-state index contributed by atoms with van der Waals surface area (Å²) >= 11 is 4.48. The Hall–Kier alpha value is -1.28. The lowest BCUT2D eigenvalue weighted by atomic mass is 9.47.